The van der Waals surface area contributed by atoms with Crippen molar-refractivity contribution >= 4 is 29.1 Å². The van der Waals surface area contributed by atoms with Crippen LogP contribution >= 0.6 is 11.8 Å². The summed E-state index contributed by atoms with van der Waals surface area (Å²) in [5, 5.41) is 11.4. The van der Waals surface area contributed by atoms with Crippen molar-refractivity contribution in [1.82, 2.24) is 5.32 Å². The Bertz CT molecular complexity index is 843. The third-order valence-electron chi connectivity index (χ3n) is 3.93. The summed E-state index contributed by atoms with van der Waals surface area (Å²) in [5.41, 5.74) is 3.27. The van der Waals surface area contributed by atoms with E-state index >= 15 is 0 Å². The number of hydrogen-bond donors (Lipinski definition) is 1. The largest absolute Gasteiger partial charge is 0.491 e. The molecule has 1 atom stereocenters. The van der Waals surface area contributed by atoms with Gasteiger partial charge in [-0.1, -0.05) is 41.6 Å². The highest BCUT2D eigenvalue weighted by atomic mass is 32.2. The van der Waals surface area contributed by atoms with Crippen molar-refractivity contribution in [2.24, 2.45) is 10.2 Å². The van der Waals surface area contributed by atoms with Gasteiger partial charge < -0.3 is 10.1 Å². The van der Waals surface area contributed by atoms with E-state index in [1.165, 1.54) is 17.3 Å². The summed E-state index contributed by atoms with van der Waals surface area (Å²) in [4.78, 5) is 12.1. The standard InChI is InChI=1S/C21H23N3O2S/c1-14(2)26-18-10-8-17(9-11-18)13-22-24-21-23-20(25)19(27-21)12-16-6-4-15(3)5-7-16/h4-11,13-14,19H,12H2,1-3H3,(H,23,24,25)/b22-13-/t19-/m1/s1. The molecule has 0 spiro atoms. The maximum atomic E-state index is 12.1. The van der Waals surface area contributed by atoms with Gasteiger partial charge in [0.2, 0.25) is 5.91 Å². The van der Waals surface area contributed by atoms with E-state index in [4.69, 9.17) is 4.74 Å². The highest BCUT2D eigenvalue weighted by Crippen LogP contribution is 2.23. The Morgan fingerprint density at radius 3 is 2.52 bits per heavy atom. The minimum absolute atomic E-state index is 0.0234. The number of nitrogens with one attached hydrogen (secondary N) is 1. The topological polar surface area (TPSA) is 63.1 Å². The molecule has 6 heteroatoms. The molecule has 1 N–H and O–H groups in total. The number of aryl methyl sites for hydroxylation is 1. The molecule has 140 valence electrons. The fourth-order valence-electron chi connectivity index (χ4n) is 2.58. The lowest BCUT2D eigenvalue weighted by Gasteiger charge is -2.08. The van der Waals surface area contributed by atoms with Gasteiger partial charge in [0.05, 0.1) is 17.6 Å². The highest BCUT2D eigenvalue weighted by molar-refractivity contribution is 8.15. The van der Waals surface area contributed by atoms with Crippen molar-refractivity contribution in [2.45, 2.75) is 38.5 Å². The predicted octanol–water partition coefficient (Wildman–Crippen LogP) is 3.95. The number of amides is 1. The van der Waals surface area contributed by atoms with Crippen molar-refractivity contribution in [3.63, 3.8) is 0 Å². The Hall–Kier alpha value is -2.60. The summed E-state index contributed by atoms with van der Waals surface area (Å²) in [5.74, 6) is 0.802. The lowest BCUT2D eigenvalue weighted by molar-refractivity contribution is -0.118. The normalized spacial score (nSPS) is 18.4. The van der Waals surface area contributed by atoms with Gasteiger partial charge in [-0.05, 0) is 62.6 Å². The summed E-state index contributed by atoms with van der Waals surface area (Å²) >= 11 is 1.42. The van der Waals surface area contributed by atoms with Gasteiger partial charge in [-0.2, -0.15) is 5.10 Å². The van der Waals surface area contributed by atoms with Crippen LogP contribution < -0.4 is 10.1 Å². The average molecular weight is 382 g/mol. The second kappa shape index (κ2) is 8.86. The molecule has 0 bridgehead atoms. The molecule has 0 aromatic heterocycles. The lowest BCUT2D eigenvalue weighted by atomic mass is 10.1. The second-order valence-corrected chi connectivity index (χ2v) is 7.86. The van der Waals surface area contributed by atoms with Crippen molar-refractivity contribution in [3.8, 4) is 5.75 Å². The molecule has 0 saturated carbocycles. The Morgan fingerprint density at radius 1 is 1.15 bits per heavy atom. The number of carbonyl (C=O) groups excluding carboxylic acids is 1. The Labute approximate surface area is 163 Å². The lowest BCUT2D eigenvalue weighted by Crippen LogP contribution is -2.25. The van der Waals surface area contributed by atoms with Crippen molar-refractivity contribution in [2.75, 3.05) is 0 Å². The number of nitrogens with zero attached hydrogens (tertiary/aromatic N) is 2. The molecule has 0 radical (unpaired) electrons. The molecule has 2 aromatic carbocycles. The molecule has 5 nitrogen and oxygen atoms in total. The molecule has 1 saturated heterocycles. The molecule has 1 amide bonds. The maximum absolute atomic E-state index is 12.1. The fourth-order valence-corrected chi connectivity index (χ4v) is 3.54. The Morgan fingerprint density at radius 2 is 1.85 bits per heavy atom. The van der Waals surface area contributed by atoms with Crippen LogP contribution in [0.2, 0.25) is 0 Å². The van der Waals surface area contributed by atoms with E-state index in [2.05, 4.69) is 46.7 Å². The Kier molecular flexibility index (Phi) is 6.29. The van der Waals surface area contributed by atoms with E-state index in [0.29, 0.717) is 11.6 Å². The first-order chi connectivity index (χ1) is 13.0. The van der Waals surface area contributed by atoms with Gasteiger partial charge in [0.1, 0.15) is 5.75 Å². The molecule has 27 heavy (non-hydrogen) atoms. The van der Waals surface area contributed by atoms with Crippen molar-refractivity contribution in [3.05, 3.63) is 65.2 Å². The minimum atomic E-state index is -0.172. The molecule has 1 fully saturated rings. The molecular weight excluding hydrogens is 358 g/mol. The zero-order valence-corrected chi connectivity index (χ0v) is 16.5. The van der Waals surface area contributed by atoms with Gasteiger partial charge in [-0.3, -0.25) is 4.79 Å². The average Bonchev–Trinajstić information content (AvgIpc) is 2.97. The summed E-state index contributed by atoms with van der Waals surface area (Å²) in [7, 11) is 0. The first-order valence-corrected chi connectivity index (χ1v) is 9.78. The SMILES string of the molecule is Cc1ccc(C[C@H]2S/C(=N/N=C\c3ccc(OC(C)C)cc3)NC2=O)cc1. The maximum Gasteiger partial charge on any atom is 0.239 e. The molecule has 1 aliphatic rings. The number of hydrogen-bond acceptors (Lipinski definition) is 5. The van der Waals surface area contributed by atoms with E-state index in [1.54, 1.807) is 6.21 Å². The first kappa shape index (κ1) is 19.2. The van der Waals surface area contributed by atoms with E-state index < -0.39 is 0 Å². The third kappa shape index (κ3) is 5.69. The van der Waals surface area contributed by atoms with Crippen molar-refractivity contribution < 1.29 is 9.53 Å². The number of rotatable bonds is 6. The van der Waals surface area contributed by atoms with Crippen LogP contribution in [0.15, 0.2) is 58.7 Å². The number of amidine groups is 1. The van der Waals surface area contributed by atoms with Gasteiger partial charge in [-0.15, -0.1) is 5.10 Å². The van der Waals surface area contributed by atoms with Crippen LogP contribution in [0.4, 0.5) is 0 Å². The molecule has 1 heterocycles. The number of carbonyl (C=O) groups is 1. The van der Waals surface area contributed by atoms with E-state index in [-0.39, 0.29) is 17.3 Å². The summed E-state index contributed by atoms with van der Waals surface area (Å²) in [6.07, 6.45) is 2.48. The summed E-state index contributed by atoms with van der Waals surface area (Å²) in [6.45, 7) is 6.03. The van der Waals surface area contributed by atoms with Crippen LogP contribution in [-0.2, 0) is 11.2 Å². The van der Waals surface area contributed by atoms with E-state index in [0.717, 1.165) is 16.9 Å². The minimum Gasteiger partial charge on any atom is -0.491 e. The zero-order valence-electron chi connectivity index (χ0n) is 15.7. The van der Waals surface area contributed by atoms with Crippen LogP contribution in [0.25, 0.3) is 0 Å². The Balaban J connectivity index is 1.57. The van der Waals surface area contributed by atoms with Crippen LogP contribution in [-0.4, -0.2) is 28.6 Å². The van der Waals surface area contributed by atoms with Gasteiger partial charge >= 0.3 is 0 Å². The number of ether oxygens (including phenoxy) is 1. The number of benzene rings is 2. The van der Waals surface area contributed by atoms with Crippen LogP contribution in [0.1, 0.15) is 30.5 Å². The third-order valence-corrected chi connectivity index (χ3v) is 5.00. The van der Waals surface area contributed by atoms with E-state index in [9.17, 15) is 4.79 Å². The quantitative estimate of drug-likeness (QED) is 0.609. The second-order valence-electron chi connectivity index (χ2n) is 6.67. The zero-order chi connectivity index (χ0) is 19.2. The molecule has 2 aromatic rings. The highest BCUT2D eigenvalue weighted by Gasteiger charge is 2.30. The number of thioether (sulfide) groups is 1. The predicted molar refractivity (Wildman–Crippen MR) is 112 cm³/mol. The molecule has 0 unspecified atom stereocenters. The summed E-state index contributed by atoms with van der Waals surface area (Å²) < 4.78 is 5.61. The van der Waals surface area contributed by atoms with Crippen LogP contribution in [0, 0.1) is 6.92 Å². The van der Waals surface area contributed by atoms with Gasteiger partial charge in [0, 0.05) is 0 Å². The molecule has 3 rings (SSSR count). The molecule has 0 aliphatic carbocycles. The van der Waals surface area contributed by atoms with E-state index in [1.807, 2.05) is 38.1 Å². The molecular formula is C21H23N3O2S. The van der Waals surface area contributed by atoms with Gasteiger partial charge in [0.15, 0.2) is 5.17 Å². The monoisotopic (exact) mass is 381 g/mol. The van der Waals surface area contributed by atoms with Gasteiger partial charge in [-0.25, -0.2) is 0 Å². The van der Waals surface area contributed by atoms with Gasteiger partial charge in [0.25, 0.3) is 0 Å². The smallest absolute Gasteiger partial charge is 0.239 e. The van der Waals surface area contributed by atoms with Crippen LogP contribution in [0.5, 0.6) is 5.75 Å². The summed E-state index contributed by atoms with van der Waals surface area (Å²) in [6, 6.07) is 15.9. The fraction of sp³-hybridized carbons (Fsp3) is 0.286. The van der Waals surface area contributed by atoms with Crippen molar-refractivity contribution in [1.29, 1.82) is 0 Å². The molecule has 1 aliphatic heterocycles. The first-order valence-electron chi connectivity index (χ1n) is 8.90. The van der Waals surface area contributed by atoms with Crippen LogP contribution in [0.3, 0.4) is 0 Å².